The van der Waals surface area contributed by atoms with Crippen LogP contribution in [0.5, 0.6) is 0 Å². The lowest BCUT2D eigenvalue weighted by atomic mass is 9.84. The number of halogens is 3. The number of hydrogen-bond donors (Lipinski definition) is 2. The summed E-state index contributed by atoms with van der Waals surface area (Å²) < 4.78 is 78.5. The number of amides is 2. The zero-order valence-electron chi connectivity index (χ0n) is 38.2. The maximum Gasteiger partial charge on any atom is 0.411 e. The maximum absolute atomic E-state index is 14.2. The second-order valence-electron chi connectivity index (χ2n) is 17.2. The van der Waals surface area contributed by atoms with Crippen LogP contribution in [-0.2, 0) is 30.7 Å². The van der Waals surface area contributed by atoms with Crippen LogP contribution in [0, 0.1) is 17.5 Å². The molecule has 0 radical (unpaired) electrons. The molecule has 4 unspecified atom stereocenters. The molecule has 2 saturated heterocycles. The smallest absolute Gasteiger partial charge is 0.411 e. The number of aliphatic hydroxyl groups excluding tert-OH is 1. The normalized spacial score (nSPS) is 19.3. The molecule has 11 nitrogen and oxygen atoms in total. The summed E-state index contributed by atoms with van der Waals surface area (Å²) in [5.41, 5.74) is 4.70. The summed E-state index contributed by atoms with van der Waals surface area (Å²) in [5, 5.41) is 9.36. The van der Waals surface area contributed by atoms with E-state index in [1.807, 2.05) is 56.3 Å². The van der Waals surface area contributed by atoms with E-state index >= 15 is 0 Å². The Balaban J connectivity index is 0.000000204. The van der Waals surface area contributed by atoms with Crippen molar-refractivity contribution in [2.24, 2.45) is 0 Å². The van der Waals surface area contributed by atoms with Crippen LogP contribution in [0.1, 0.15) is 80.3 Å². The highest BCUT2D eigenvalue weighted by molar-refractivity contribution is 7.88. The van der Waals surface area contributed by atoms with Gasteiger partial charge in [-0.15, -0.1) is 0 Å². The van der Waals surface area contributed by atoms with Crippen LogP contribution in [0.25, 0.3) is 22.3 Å². The summed E-state index contributed by atoms with van der Waals surface area (Å²) in [4.78, 5) is 33.7. The Morgan fingerprint density at radius 3 is 1.68 bits per heavy atom. The molecular weight excluding hydrogens is 894 g/mol. The second-order valence-corrected chi connectivity index (χ2v) is 19.0. The minimum absolute atomic E-state index is 0.0421. The van der Waals surface area contributed by atoms with E-state index in [2.05, 4.69) is 34.0 Å². The van der Waals surface area contributed by atoms with E-state index in [1.54, 1.807) is 46.5 Å². The van der Waals surface area contributed by atoms with Crippen LogP contribution in [0.2, 0.25) is 0 Å². The summed E-state index contributed by atoms with van der Waals surface area (Å²) in [5.74, 6) is -1.75. The first kappa shape index (κ1) is 49.4. The molecule has 2 amide bonds. The molecule has 0 aliphatic carbocycles. The van der Waals surface area contributed by atoms with Crippen LogP contribution in [0.15, 0.2) is 146 Å². The quantitative estimate of drug-likeness (QED) is 0.104. The van der Waals surface area contributed by atoms with Gasteiger partial charge in [-0.25, -0.2) is 35.9 Å². The van der Waals surface area contributed by atoms with Gasteiger partial charge in [-0.3, -0.25) is 4.98 Å². The molecule has 2 aliphatic rings. The van der Waals surface area contributed by atoms with E-state index in [1.165, 1.54) is 36.4 Å². The van der Waals surface area contributed by atoms with Crippen molar-refractivity contribution in [2.45, 2.75) is 69.2 Å². The third-order valence-corrected chi connectivity index (χ3v) is 13.6. The molecule has 0 saturated carbocycles. The lowest BCUT2D eigenvalue weighted by Crippen LogP contribution is -2.49. The number of aromatic nitrogens is 1. The van der Waals surface area contributed by atoms with Crippen molar-refractivity contribution in [1.82, 2.24) is 19.5 Å². The van der Waals surface area contributed by atoms with Gasteiger partial charge in [0.25, 0.3) is 0 Å². The molecule has 356 valence electrons. The van der Waals surface area contributed by atoms with E-state index < -0.39 is 44.8 Å². The number of carbonyl (C=O) groups is 2. The van der Waals surface area contributed by atoms with Crippen molar-refractivity contribution in [2.75, 3.05) is 32.5 Å². The standard InChI is InChI=1S/C27H27F3N2O4S.C26H28N2O3/c1-18(19-3-5-20(6-4-19)24-12-11-23(29)17-25(24)30)32-16-14-27(36-26(32)33,13-15-31-37(2,34)35)21-7-9-22(28)10-8-21;1-20(21-8-10-22(11-9-21)23-12-16-27-17-13-23)28-18-15-26(14-5-19-29,31-25(28)30)24-6-3-2-4-7-24/h3-12,17-18,31H,13-16H2,1-2H3;2-4,6-13,16-17,20,29H,5,14-15,18-19H2,1H3. The Morgan fingerprint density at radius 1 is 0.662 bits per heavy atom. The van der Waals surface area contributed by atoms with Gasteiger partial charge in [0.05, 0.1) is 18.3 Å². The first-order valence-corrected chi connectivity index (χ1v) is 24.4. The molecule has 0 spiro atoms. The number of carbonyl (C=O) groups excluding carboxylic acids is 2. The van der Waals surface area contributed by atoms with Gasteiger partial charge in [0.2, 0.25) is 10.0 Å². The zero-order valence-corrected chi connectivity index (χ0v) is 39.0. The number of cyclic esters (lactones) is 2. The number of pyridine rings is 1. The van der Waals surface area contributed by atoms with Crippen LogP contribution in [0.3, 0.4) is 0 Å². The molecule has 68 heavy (non-hydrogen) atoms. The first-order valence-electron chi connectivity index (χ1n) is 22.5. The minimum atomic E-state index is -3.45. The Morgan fingerprint density at radius 2 is 1.16 bits per heavy atom. The minimum Gasteiger partial charge on any atom is -0.438 e. The van der Waals surface area contributed by atoms with E-state index in [0.717, 1.165) is 40.1 Å². The number of ether oxygens (including phenoxy) is 2. The molecule has 2 fully saturated rings. The van der Waals surface area contributed by atoms with Crippen molar-refractivity contribution >= 4 is 22.2 Å². The van der Waals surface area contributed by atoms with Crippen LogP contribution >= 0.6 is 0 Å². The summed E-state index contributed by atoms with van der Waals surface area (Å²) in [6.07, 6.45) is 6.16. The Kier molecular flexibility index (Phi) is 15.7. The SMILES string of the molecule is CC(c1ccc(-c2ccc(F)cc2F)cc1)N1CCC(CCNS(C)(=O)=O)(c2ccc(F)cc2)OC1=O.CC(c1ccc(-c2ccncc2)cc1)N1CCC(CCCO)(c2ccccc2)OC1=O. The largest absolute Gasteiger partial charge is 0.438 e. The third-order valence-electron chi connectivity index (χ3n) is 12.8. The van der Waals surface area contributed by atoms with Gasteiger partial charge >= 0.3 is 12.2 Å². The van der Waals surface area contributed by atoms with E-state index in [0.29, 0.717) is 49.9 Å². The predicted octanol–water partition coefficient (Wildman–Crippen LogP) is 10.8. The number of rotatable bonds is 15. The fourth-order valence-corrected chi connectivity index (χ4v) is 9.38. The molecule has 15 heteroatoms. The van der Waals surface area contributed by atoms with E-state index in [-0.39, 0.29) is 43.3 Å². The molecule has 5 aromatic carbocycles. The molecule has 2 aliphatic heterocycles. The molecule has 2 N–H and O–H groups in total. The van der Waals surface area contributed by atoms with E-state index in [9.17, 15) is 36.3 Å². The third kappa shape index (κ3) is 11.8. The van der Waals surface area contributed by atoms with Gasteiger partial charge < -0.3 is 24.4 Å². The molecule has 0 bridgehead atoms. The van der Waals surface area contributed by atoms with Gasteiger partial charge in [-0.1, -0.05) is 91.0 Å². The van der Waals surface area contributed by atoms with Crippen molar-refractivity contribution in [3.8, 4) is 22.3 Å². The van der Waals surface area contributed by atoms with E-state index in [4.69, 9.17) is 9.47 Å². The second kappa shape index (κ2) is 21.6. The van der Waals surface area contributed by atoms with Crippen LogP contribution in [-0.4, -0.2) is 73.0 Å². The van der Waals surface area contributed by atoms with Gasteiger partial charge in [0.1, 0.15) is 28.7 Å². The van der Waals surface area contributed by atoms with Gasteiger partial charge in [0, 0.05) is 69.5 Å². The number of benzene rings is 5. The maximum atomic E-state index is 14.2. The van der Waals surface area contributed by atoms with Crippen molar-refractivity contribution < 1.29 is 45.8 Å². The van der Waals surface area contributed by atoms with Gasteiger partial charge in [0.15, 0.2) is 0 Å². The monoisotopic (exact) mass is 948 g/mol. The predicted molar refractivity (Wildman–Crippen MR) is 254 cm³/mol. The molecule has 1 aromatic heterocycles. The summed E-state index contributed by atoms with van der Waals surface area (Å²) in [6.45, 7) is 4.91. The van der Waals surface area contributed by atoms with Crippen molar-refractivity contribution in [3.05, 3.63) is 186 Å². The molecule has 8 rings (SSSR count). The number of hydrogen-bond acceptors (Lipinski definition) is 8. The number of aliphatic hydroxyl groups is 1. The number of nitrogens with zero attached hydrogens (tertiary/aromatic N) is 3. The molecular formula is C53H55F3N4O7S. The lowest BCUT2D eigenvalue weighted by molar-refractivity contribution is -0.0681. The molecule has 6 aromatic rings. The average molecular weight is 949 g/mol. The highest BCUT2D eigenvalue weighted by Crippen LogP contribution is 2.42. The van der Waals surface area contributed by atoms with Gasteiger partial charge in [-0.05, 0) is 102 Å². The average Bonchev–Trinajstić information content (AvgIpc) is 3.34. The molecule has 4 atom stereocenters. The van der Waals surface area contributed by atoms with Crippen LogP contribution in [0.4, 0.5) is 22.8 Å². The Hall–Kier alpha value is -6.55. The van der Waals surface area contributed by atoms with Crippen LogP contribution < -0.4 is 4.72 Å². The lowest BCUT2D eigenvalue weighted by Gasteiger charge is -2.43. The fourth-order valence-electron chi connectivity index (χ4n) is 8.91. The highest BCUT2D eigenvalue weighted by atomic mass is 32.2. The van der Waals surface area contributed by atoms with Crippen molar-refractivity contribution in [1.29, 1.82) is 0 Å². The first-order chi connectivity index (χ1) is 32.6. The Bertz CT molecular complexity index is 2750. The number of sulfonamides is 1. The highest BCUT2D eigenvalue weighted by Gasteiger charge is 2.44. The zero-order chi connectivity index (χ0) is 48.5. The summed E-state index contributed by atoms with van der Waals surface area (Å²) in [7, 11) is -3.45. The number of nitrogens with one attached hydrogen (secondary N) is 1. The summed E-state index contributed by atoms with van der Waals surface area (Å²) in [6, 6.07) is 37.6. The molecule has 3 heterocycles. The fraction of sp³-hybridized carbons (Fsp3) is 0.302. The summed E-state index contributed by atoms with van der Waals surface area (Å²) >= 11 is 0. The van der Waals surface area contributed by atoms with Crippen molar-refractivity contribution in [3.63, 3.8) is 0 Å². The van der Waals surface area contributed by atoms with Gasteiger partial charge in [-0.2, -0.15) is 0 Å². The topological polar surface area (TPSA) is 138 Å². The Labute approximate surface area is 395 Å².